The second-order valence-electron chi connectivity index (χ2n) is 4.61. The van der Waals surface area contributed by atoms with E-state index in [4.69, 9.17) is 9.90 Å². The van der Waals surface area contributed by atoms with Gasteiger partial charge in [-0.05, 0) is 12.8 Å². The number of carboxylic acids is 1. The number of carboxylic acid groups (broad SMARTS) is 1. The Labute approximate surface area is 112 Å². The van der Waals surface area contributed by atoms with E-state index in [0.29, 0.717) is 0 Å². The van der Waals surface area contributed by atoms with Gasteiger partial charge in [-0.25, -0.2) is 0 Å². The van der Waals surface area contributed by atoms with E-state index in [1.807, 2.05) is 0 Å². The summed E-state index contributed by atoms with van der Waals surface area (Å²) in [6.07, 6.45) is 12.6. The van der Waals surface area contributed by atoms with Crippen LogP contribution in [0.15, 0.2) is 12.7 Å². The molecule has 0 radical (unpaired) electrons. The van der Waals surface area contributed by atoms with E-state index in [2.05, 4.69) is 13.5 Å². The van der Waals surface area contributed by atoms with Gasteiger partial charge in [0.2, 0.25) is 0 Å². The lowest BCUT2D eigenvalue weighted by Crippen LogP contribution is -2.03. The molecule has 108 valence electrons. The van der Waals surface area contributed by atoms with Crippen molar-refractivity contribution in [3.05, 3.63) is 12.7 Å². The summed E-state index contributed by atoms with van der Waals surface area (Å²) in [5.74, 6) is -0.833. The van der Waals surface area contributed by atoms with Gasteiger partial charge >= 0.3 is 0 Å². The van der Waals surface area contributed by atoms with Crippen LogP contribution in [0.5, 0.6) is 0 Å². The van der Waals surface area contributed by atoms with Crippen molar-refractivity contribution in [3.8, 4) is 0 Å². The van der Waals surface area contributed by atoms with E-state index in [-0.39, 0.29) is 6.10 Å². The highest BCUT2D eigenvalue weighted by Gasteiger charge is 2.00. The van der Waals surface area contributed by atoms with Gasteiger partial charge < -0.3 is 10.2 Å². The molecule has 0 spiro atoms. The average molecular weight is 258 g/mol. The Kier molecular flexibility index (Phi) is 17.5. The first-order valence-electron chi connectivity index (χ1n) is 7.03. The van der Waals surface area contributed by atoms with Crippen LogP contribution in [0.25, 0.3) is 0 Å². The van der Waals surface area contributed by atoms with Gasteiger partial charge in [-0.2, -0.15) is 0 Å². The standard InChI is InChI=1S/C13H26O.C2H4O2/c1-3-5-6-7-8-9-10-12-13(14)11-4-2;1-2(3)4/h4,13-14H,2-3,5-12H2,1H3;1H3,(H,3,4). The molecular formula is C15H30O3. The van der Waals surface area contributed by atoms with Crippen molar-refractivity contribution in [2.75, 3.05) is 0 Å². The fraction of sp³-hybridized carbons (Fsp3) is 0.800. The molecule has 0 bridgehead atoms. The lowest BCUT2D eigenvalue weighted by atomic mass is 10.1. The average Bonchev–Trinajstić information content (AvgIpc) is 2.27. The normalized spacial score (nSPS) is 11.3. The van der Waals surface area contributed by atoms with Crippen LogP contribution in [0, 0.1) is 0 Å². The number of unbranched alkanes of at least 4 members (excludes halogenated alkanes) is 6. The van der Waals surface area contributed by atoms with Crippen molar-refractivity contribution >= 4 is 5.97 Å². The molecule has 0 heterocycles. The number of hydrogen-bond donors (Lipinski definition) is 2. The largest absolute Gasteiger partial charge is 0.481 e. The van der Waals surface area contributed by atoms with Gasteiger partial charge in [-0.15, -0.1) is 6.58 Å². The Morgan fingerprint density at radius 2 is 1.61 bits per heavy atom. The van der Waals surface area contributed by atoms with Crippen molar-refractivity contribution in [1.29, 1.82) is 0 Å². The number of aliphatic carboxylic acids is 1. The lowest BCUT2D eigenvalue weighted by molar-refractivity contribution is -0.134. The number of carbonyl (C=O) groups is 1. The van der Waals surface area contributed by atoms with Gasteiger partial charge in [-0.1, -0.05) is 57.9 Å². The molecule has 0 aliphatic heterocycles. The van der Waals surface area contributed by atoms with Crippen LogP contribution < -0.4 is 0 Å². The molecule has 1 unspecified atom stereocenters. The van der Waals surface area contributed by atoms with Gasteiger partial charge in [0.1, 0.15) is 0 Å². The second kappa shape index (κ2) is 16.2. The molecule has 0 fully saturated rings. The molecule has 0 saturated carbocycles. The van der Waals surface area contributed by atoms with Crippen LogP contribution in [0.2, 0.25) is 0 Å². The van der Waals surface area contributed by atoms with E-state index < -0.39 is 5.97 Å². The van der Waals surface area contributed by atoms with Crippen molar-refractivity contribution in [1.82, 2.24) is 0 Å². The third-order valence-corrected chi connectivity index (χ3v) is 2.58. The van der Waals surface area contributed by atoms with Crippen LogP contribution in [-0.2, 0) is 4.79 Å². The molecule has 0 amide bonds. The molecule has 0 aliphatic carbocycles. The summed E-state index contributed by atoms with van der Waals surface area (Å²) in [7, 11) is 0. The van der Waals surface area contributed by atoms with Crippen molar-refractivity contribution < 1.29 is 15.0 Å². The third-order valence-electron chi connectivity index (χ3n) is 2.58. The molecule has 2 N–H and O–H groups in total. The molecule has 3 nitrogen and oxygen atoms in total. The minimum Gasteiger partial charge on any atom is -0.481 e. The summed E-state index contributed by atoms with van der Waals surface area (Å²) in [6, 6.07) is 0. The predicted octanol–water partition coefficient (Wildman–Crippen LogP) is 4.16. The molecule has 0 aromatic rings. The first kappa shape index (κ1) is 19.5. The lowest BCUT2D eigenvalue weighted by Gasteiger charge is -2.06. The SMILES string of the molecule is C=CCC(O)CCCCCCCCC.CC(=O)O. The zero-order chi connectivity index (χ0) is 14.2. The molecule has 0 aromatic heterocycles. The van der Waals surface area contributed by atoms with Crippen LogP contribution in [-0.4, -0.2) is 22.3 Å². The summed E-state index contributed by atoms with van der Waals surface area (Å²) >= 11 is 0. The number of aliphatic hydroxyl groups is 1. The van der Waals surface area contributed by atoms with Gasteiger partial charge in [0, 0.05) is 6.92 Å². The quantitative estimate of drug-likeness (QED) is 0.457. The maximum absolute atomic E-state index is 9.42. The van der Waals surface area contributed by atoms with E-state index in [0.717, 1.165) is 19.8 Å². The minimum atomic E-state index is -0.833. The number of hydrogen-bond acceptors (Lipinski definition) is 2. The van der Waals surface area contributed by atoms with E-state index in [1.54, 1.807) is 6.08 Å². The maximum Gasteiger partial charge on any atom is 0.300 e. The highest BCUT2D eigenvalue weighted by Crippen LogP contribution is 2.10. The summed E-state index contributed by atoms with van der Waals surface area (Å²) < 4.78 is 0. The Bertz CT molecular complexity index is 186. The molecule has 0 rings (SSSR count). The predicted molar refractivity (Wildman–Crippen MR) is 76.7 cm³/mol. The number of rotatable bonds is 10. The summed E-state index contributed by atoms with van der Waals surface area (Å²) in [5, 5.41) is 16.8. The maximum atomic E-state index is 9.42. The van der Waals surface area contributed by atoms with E-state index in [9.17, 15) is 5.11 Å². The van der Waals surface area contributed by atoms with Crippen molar-refractivity contribution in [3.63, 3.8) is 0 Å². The topological polar surface area (TPSA) is 57.5 Å². The van der Waals surface area contributed by atoms with E-state index >= 15 is 0 Å². The molecule has 3 heteroatoms. The van der Waals surface area contributed by atoms with Gasteiger partial charge in [-0.3, -0.25) is 4.79 Å². The summed E-state index contributed by atoms with van der Waals surface area (Å²) in [4.78, 5) is 9.00. The third kappa shape index (κ3) is 24.4. The smallest absolute Gasteiger partial charge is 0.300 e. The molecule has 18 heavy (non-hydrogen) atoms. The van der Waals surface area contributed by atoms with Crippen LogP contribution in [0.3, 0.4) is 0 Å². The summed E-state index contributed by atoms with van der Waals surface area (Å²) in [6.45, 7) is 6.94. The van der Waals surface area contributed by atoms with Gasteiger partial charge in [0.15, 0.2) is 0 Å². The van der Waals surface area contributed by atoms with Crippen molar-refractivity contribution in [2.24, 2.45) is 0 Å². The fourth-order valence-electron chi connectivity index (χ4n) is 1.65. The Morgan fingerprint density at radius 1 is 1.17 bits per heavy atom. The van der Waals surface area contributed by atoms with Crippen LogP contribution >= 0.6 is 0 Å². The first-order chi connectivity index (χ1) is 8.54. The first-order valence-corrected chi connectivity index (χ1v) is 7.03. The zero-order valence-electron chi connectivity index (χ0n) is 12.0. The monoisotopic (exact) mass is 258 g/mol. The van der Waals surface area contributed by atoms with Gasteiger partial charge in [0.05, 0.1) is 6.10 Å². The molecule has 0 aliphatic rings. The fourth-order valence-corrected chi connectivity index (χ4v) is 1.65. The number of aliphatic hydroxyl groups excluding tert-OH is 1. The second-order valence-corrected chi connectivity index (χ2v) is 4.61. The van der Waals surface area contributed by atoms with Crippen molar-refractivity contribution in [2.45, 2.75) is 77.7 Å². The highest BCUT2D eigenvalue weighted by atomic mass is 16.4. The summed E-state index contributed by atoms with van der Waals surface area (Å²) in [5.41, 5.74) is 0. The molecule has 0 saturated heterocycles. The minimum absolute atomic E-state index is 0.150. The van der Waals surface area contributed by atoms with E-state index in [1.165, 1.54) is 44.9 Å². The Hall–Kier alpha value is -0.830. The Morgan fingerprint density at radius 3 is 2.06 bits per heavy atom. The van der Waals surface area contributed by atoms with Gasteiger partial charge in [0.25, 0.3) is 5.97 Å². The molecule has 0 aromatic carbocycles. The molecular weight excluding hydrogens is 228 g/mol. The zero-order valence-corrected chi connectivity index (χ0v) is 12.0. The highest BCUT2D eigenvalue weighted by molar-refractivity contribution is 5.62. The van der Waals surface area contributed by atoms with Crippen LogP contribution in [0.1, 0.15) is 71.6 Å². The molecule has 1 atom stereocenters. The Balaban J connectivity index is 0. The van der Waals surface area contributed by atoms with Crippen LogP contribution in [0.4, 0.5) is 0 Å².